The van der Waals surface area contributed by atoms with Gasteiger partial charge in [-0.05, 0) is 95.0 Å². The molecule has 3 aromatic rings. The van der Waals surface area contributed by atoms with E-state index in [0.29, 0.717) is 29.8 Å². The molecule has 1 aliphatic carbocycles. The Labute approximate surface area is 235 Å². The van der Waals surface area contributed by atoms with Crippen LogP contribution in [0.25, 0.3) is 16.6 Å². The van der Waals surface area contributed by atoms with Crippen LogP contribution in [0.15, 0.2) is 42.7 Å². The minimum absolute atomic E-state index is 0.00187. The molecule has 2 atom stereocenters. The van der Waals surface area contributed by atoms with Crippen LogP contribution in [0.3, 0.4) is 0 Å². The van der Waals surface area contributed by atoms with E-state index >= 15 is 4.39 Å². The summed E-state index contributed by atoms with van der Waals surface area (Å²) in [4.78, 5) is 34.8. The molecular weight excluding hydrogens is 505 g/mol. The van der Waals surface area contributed by atoms with E-state index < -0.39 is 5.82 Å². The number of rotatable bonds is 5. The predicted molar refractivity (Wildman–Crippen MR) is 154 cm³/mol. The summed E-state index contributed by atoms with van der Waals surface area (Å²) in [6.07, 6.45) is 11.0. The summed E-state index contributed by atoms with van der Waals surface area (Å²) < 4.78 is 17.1. The Balaban J connectivity index is 1.30. The summed E-state index contributed by atoms with van der Waals surface area (Å²) in [5.74, 6) is 0.275. The van der Waals surface area contributed by atoms with Gasteiger partial charge < -0.3 is 19.7 Å². The van der Waals surface area contributed by atoms with Crippen molar-refractivity contribution in [3.05, 3.63) is 59.8 Å². The van der Waals surface area contributed by atoms with Gasteiger partial charge in [-0.2, -0.15) is 0 Å². The number of likely N-dealkylation sites (tertiary alicyclic amines) is 1. The molecule has 1 aromatic carbocycles. The lowest BCUT2D eigenvalue weighted by atomic mass is 9.76. The molecule has 7 rings (SSSR count). The molecule has 1 N–H and O–H groups in total. The molecule has 2 bridgehead atoms. The van der Waals surface area contributed by atoms with Crippen LogP contribution in [0, 0.1) is 11.7 Å². The number of nitrogens with one attached hydrogen (secondary N) is 1. The number of pyridine rings is 1. The van der Waals surface area contributed by atoms with E-state index in [9.17, 15) is 9.59 Å². The first-order valence-electron chi connectivity index (χ1n) is 14.9. The lowest BCUT2D eigenvalue weighted by molar-refractivity contribution is -0.137. The lowest BCUT2D eigenvalue weighted by Crippen LogP contribution is -2.59. The Hall–Kier alpha value is -3.26. The van der Waals surface area contributed by atoms with Gasteiger partial charge in [-0.25, -0.2) is 4.39 Å². The van der Waals surface area contributed by atoms with Crippen molar-refractivity contribution in [3.8, 4) is 5.69 Å². The number of hydrogen-bond donors (Lipinski definition) is 1. The fourth-order valence-electron chi connectivity index (χ4n) is 7.01. The van der Waals surface area contributed by atoms with E-state index in [1.165, 1.54) is 25.0 Å². The molecule has 4 aliphatic rings. The van der Waals surface area contributed by atoms with Crippen LogP contribution in [-0.4, -0.2) is 69.4 Å². The maximum absolute atomic E-state index is 15.0. The molecule has 4 fully saturated rings. The zero-order chi connectivity index (χ0) is 28.0. The maximum Gasteiger partial charge on any atom is 0.254 e. The van der Waals surface area contributed by atoms with Crippen molar-refractivity contribution in [3.63, 3.8) is 0 Å². The molecular formula is C32H40FN5O2. The highest BCUT2D eigenvalue weighted by atomic mass is 19.1. The van der Waals surface area contributed by atoms with Gasteiger partial charge in [0.15, 0.2) is 0 Å². The summed E-state index contributed by atoms with van der Waals surface area (Å²) in [5, 5.41) is 4.66. The molecule has 2 amide bonds. The Kier molecular flexibility index (Phi) is 7.38. The Morgan fingerprint density at radius 1 is 1.05 bits per heavy atom. The SMILES string of the molecule is CC(C)N(C)C(=O)c1cc(F)cc(-n2c(C3CCCN(C(=O)C4NC5CCC4CC5)CC3)cc3ccncc32)c1. The van der Waals surface area contributed by atoms with Crippen molar-refractivity contribution in [2.24, 2.45) is 5.92 Å². The second-order valence-corrected chi connectivity index (χ2v) is 12.3. The van der Waals surface area contributed by atoms with Gasteiger partial charge in [0.1, 0.15) is 5.82 Å². The van der Waals surface area contributed by atoms with Crippen LogP contribution >= 0.6 is 0 Å². The van der Waals surface area contributed by atoms with E-state index in [1.807, 2.05) is 26.1 Å². The highest BCUT2D eigenvalue weighted by molar-refractivity contribution is 5.95. The number of carbonyl (C=O) groups is 2. The predicted octanol–water partition coefficient (Wildman–Crippen LogP) is 5.27. The van der Waals surface area contributed by atoms with Gasteiger partial charge in [-0.1, -0.05) is 0 Å². The summed E-state index contributed by atoms with van der Waals surface area (Å²) in [6, 6.07) is 9.21. The number of nitrogens with zero attached hydrogens (tertiary/aromatic N) is 4. The summed E-state index contributed by atoms with van der Waals surface area (Å²) in [7, 11) is 1.74. The number of hydrogen-bond acceptors (Lipinski definition) is 4. The average molecular weight is 546 g/mol. The first kappa shape index (κ1) is 26.9. The molecule has 3 aliphatic heterocycles. The third kappa shape index (κ3) is 5.02. The lowest BCUT2D eigenvalue weighted by Gasteiger charge is -2.44. The second kappa shape index (κ2) is 11.0. The first-order valence-corrected chi connectivity index (χ1v) is 14.9. The van der Waals surface area contributed by atoms with Gasteiger partial charge >= 0.3 is 0 Å². The fraction of sp³-hybridized carbons (Fsp3) is 0.531. The summed E-state index contributed by atoms with van der Waals surface area (Å²) in [5.41, 5.74) is 2.92. The molecule has 0 spiro atoms. The Morgan fingerprint density at radius 3 is 2.58 bits per heavy atom. The minimum atomic E-state index is -0.443. The largest absolute Gasteiger partial charge is 0.341 e. The molecule has 40 heavy (non-hydrogen) atoms. The van der Waals surface area contributed by atoms with Gasteiger partial charge in [0.25, 0.3) is 5.91 Å². The zero-order valence-electron chi connectivity index (χ0n) is 23.8. The van der Waals surface area contributed by atoms with Crippen molar-refractivity contribution in [2.45, 2.75) is 82.8 Å². The normalized spacial score (nSPS) is 24.9. The number of benzene rings is 1. The second-order valence-electron chi connectivity index (χ2n) is 12.3. The molecule has 2 aromatic heterocycles. The first-order chi connectivity index (χ1) is 19.3. The van der Waals surface area contributed by atoms with Crippen LogP contribution in [0.2, 0.25) is 0 Å². The fourth-order valence-corrected chi connectivity index (χ4v) is 7.01. The number of aromatic nitrogens is 2. The van der Waals surface area contributed by atoms with Crippen LogP contribution in [0.4, 0.5) is 4.39 Å². The Bertz CT molecular complexity index is 1410. The van der Waals surface area contributed by atoms with Gasteiger partial charge in [-0.3, -0.25) is 14.6 Å². The molecule has 212 valence electrons. The minimum Gasteiger partial charge on any atom is -0.341 e. The maximum atomic E-state index is 15.0. The third-order valence-electron chi connectivity index (χ3n) is 9.50. The third-order valence-corrected chi connectivity index (χ3v) is 9.50. The van der Waals surface area contributed by atoms with E-state index in [2.05, 4.69) is 25.8 Å². The Morgan fingerprint density at radius 2 is 1.85 bits per heavy atom. The molecule has 1 saturated carbocycles. The van der Waals surface area contributed by atoms with Crippen molar-refractivity contribution in [2.75, 3.05) is 20.1 Å². The molecule has 5 heterocycles. The van der Waals surface area contributed by atoms with Crippen LogP contribution < -0.4 is 5.32 Å². The van der Waals surface area contributed by atoms with Crippen molar-refractivity contribution < 1.29 is 14.0 Å². The van der Waals surface area contributed by atoms with Crippen molar-refractivity contribution >= 4 is 22.7 Å². The molecule has 3 saturated heterocycles. The quantitative estimate of drug-likeness (QED) is 0.474. The molecule has 7 nitrogen and oxygen atoms in total. The standard InChI is InChI=1S/C32H40FN5O2/c1-20(2)36(3)31(39)24-15-25(33)18-27(16-24)38-28(17-23-10-12-34-19-29(23)38)21-5-4-13-37(14-11-21)32(40)30-22-6-8-26(35-30)9-7-22/h10,12,15-22,26,30,35H,4-9,11,13-14H2,1-3H3. The van der Waals surface area contributed by atoms with Gasteiger partial charge in [0.2, 0.25) is 5.91 Å². The number of carbonyl (C=O) groups excluding carboxylic acids is 2. The van der Waals surface area contributed by atoms with E-state index in [1.54, 1.807) is 24.2 Å². The highest BCUT2D eigenvalue weighted by Crippen LogP contribution is 2.37. The molecule has 2 unspecified atom stereocenters. The van der Waals surface area contributed by atoms with Gasteiger partial charge in [0.05, 0.1) is 17.8 Å². The van der Waals surface area contributed by atoms with E-state index in [-0.39, 0.29) is 29.8 Å². The number of amides is 2. The molecule has 0 radical (unpaired) electrons. The van der Waals surface area contributed by atoms with Crippen LogP contribution in [0.1, 0.15) is 80.8 Å². The number of piperidine rings is 2. The summed E-state index contributed by atoms with van der Waals surface area (Å²) in [6.45, 7) is 5.37. The topological polar surface area (TPSA) is 70.5 Å². The monoisotopic (exact) mass is 545 g/mol. The van der Waals surface area contributed by atoms with Crippen LogP contribution in [-0.2, 0) is 4.79 Å². The summed E-state index contributed by atoms with van der Waals surface area (Å²) >= 11 is 0. The highest BCUT2D eigenvalue weighted by Gasteiger charge is 2.41. The van der Waals surface area contributed by atoms with Crippen molar-refractivity contribution in [1.29, 1.82) is 0 Å². The number of halogens is 1. The van der Waals surface area contributed by atoms with Gasteiger partial charge in [-0.15, -0.1) is 0 Å². The zero-order valence-corrected chi connectivity index (χ0v) is 23.8. The van der Waals surface area contributed by atoms with Crippen LogP contribution in [0.5, 0.6) is 0 Å². The molecule has 8 heteroatoms. The average Bonchev–Trinajstić information content (AvgIpc) is 3.18. The van der Waals surface area contributed by atoms with Crippen molar-refractivity contribution in [1.82, 2.24) is 24.7 Å². The smallest absolute Gasteiger partial charge is 0.254 e. The van der Waals surface area contributed by atoms with Gasteiger partial charge in [0, 0.05) is 66.7 Å². The van der Waals surface area contributed by atoms with E-state index in [0.717, 1.165) is 55.2 Å². The number of fused-ring (bicyclic) bond motifs is 4. The van der Waals surface area contributed by atoms with E-state index in [4.69, 9.17) is 0 Å².